The number of halogens is 3. The predicted molar refractivity (Wildman–Crippen MR) is 121 cm³/mol. The lowest BCUT2D eigenvalue weighted by Gasteiger charge is -2.33. The first-order valence-corrected chi connectivity index (χ1v) is 12.7. The molecule has 1 saturated heterocycles. The number of hydrogen-bond donors (Lipinski definition) is 2. The van der Waals surface area contributed by atoms with Gasteiger partial charge in [-0.1, -0.05) is 18.2 Å². The van der Waals surface area contributed by atoms with Gasteiger partial charge in [-0.25, -0.2) is 26.3 Å². The lowest BCUT2D eigenvalue weighted by Crippen LogP contribution is -2.50. The second-order valence-corrected chi connectivity index (χ2v) is 11.7. The van der Waals surface area contributed by atoms with Crippen molar-refractivity contribution in [2.75, 3.05) is 13.1 Å². The van der Waals surface area contributed by atoms with Crippen molar-refractivity contribution in [1.82, 2.24) is 9.62 Å². The minimum atomic E-state index is -3.45. The zero-order chi connectivity index (χ0) is 24.0. The molecule has 2 atom stereocenters. The Bertz CT molecular complexity index is 1110. The summed E-state index contributed by atoms with van der Waals surface area (Å²) in [5, 5.41) is 9.98. The van der Waals surface area contributed by atoms with Gasteiger partial charge in [0, 0.05) is 36.8 Å². The molecule has 9 heteroatoms. The zero-order valence-electron chi connectivity index (χ0n) is 18.7. The van der Waals surface area contributed by atoms with E-state index in [0.717, 1.165) is 18.2 Å². The highest BCUT2D eigenvalue weighted by Gasteiger charge is 2.43. The predicted octanol–water partition coefficient (Wildman–Crippen LogP) is 3.61. The summed E-state index contributed by atoms with van der Waals surface area (Å²) < 4.78 is 70.9. The van der Waals surface area contributed by atoms with Crippen LogP contribution in [0.1, 0.15) is 38.7 Å². The number of likely N-dealkylation sites (tertiary alicyclic amines) is 1. The summed E-state index contributed by atoms with van der Waals surface area (Å²) >= 11 is 0. The Morgan fingerprint density at radius 2 is 1.76 bits per heavy atom. The highest BCUT2D eigenvalue weighted by Crippen LogP contribution is 2.32. The van der Waals surface area contributed by atoms with Crippen LogP contribution in [0.3, 0.4) is 0 Å². The van der Waals surface area contributed by atoms with Crippen LogP contribution in [0.5, 0.6) is 0 Å². The van der Waals surface area contributed by atoms with Gasteiger partial charge in [-0.05, 0) is 62.8 Å². The van der Waals surface area contributed by atoms with Gasteiger partial charge in [-0.3, -0.25) is 4.90 Å². The van der Waals surface area contributed by atoms with Crippen molar-refractivity contribution < 1.29 is 26.7 Å². The lowest BCUT2D eigenvalue weighted by atomic mass is 9.95. The van der Waals surface area contributed by atoms with Crippen molar-refractivity contribution in [1.29, 1.82) is 0 Å². The minimum Gasteiger partial charge on any atom is -0.389 e. The van der Waals surface area contributed by atoms with Crippen LogP contribution in [0.4, 0.5) is 13.2 Å². The molecule has 0 aromatic heterocycles. The molecule has 2 fully saturated rings. The number of aliphatic hydroxyl groups is 1. The molecule has 2 aromatic carbocycles. The molecule has 2 aliphatic rings. The maximum Gasteiger partial charge on any atom is 0.214 e. The van der Waals surface area contributed by atoms with E-state index in [9.17, 15) is 22.3 Å². The van der Waals surface area contributed by atoms with Gasteiger partial charge in [-0.15, -0.1) is 0 Å². The van der Waals surface area contributed by atoms with Crippen molar-refractivity contribution in [2.24, 2.45) is 0 Å². The summed E-state index contributed by atoms with van der Waals surface area (Å²) in [5.74, 6) is -2.19. The number of rotatable bonds is 8. The lowest BCUT2D eigenvalue weighted by molar-refractivity contribution is 0.0306. The highest BCUT2D eigenvalue weighted by molar-refractivity contribution is 7.90. The first-order valence-electron chi connectivity index (χ1n) is 11.1. The fourth-order valence-corrected chi connectivity index (χ4v) is 6.25. The standard InChI is InChI=1S/C24H29F3N2O3S/c1-24(2,30)14-29-9-8-21(28-33(31,32)19-6-7-19)22(29)12-15-4-3-5-20(23(15)27)16-10-17(25)13-18(26)11-16/h3-5,10-11,13,19,21-22,28,30H,6-9,12,14H2,1-2H3/t21-,22-/m0/s1. The van der Waals surface area contributed by atoms with Crippen LogP contribution in [0.25, 0.3) is 11.1 Å². The summed E-state index contributed by atoms with van der Waals surface area (Å²) in [5.41, 5.74) is -0.520. The van der Waals surface area contributed by atoms with E-state index in [1.54, 1.807) is 26.0 Å². The molecule has 1 aliphatic carbocycles. The molecule has 1 aliphatic heterocycles. The van der Waals surface area contributed by atoms with E-state index < -0.39 is 39.1 Å². The average Bonchev–Trinajstić information content (AvgIpc) is 3.49. The van der Waals surface area contributed by atoms with E-state index in [0.29, 0.717) is 37.9 Å². The third-order valence-corrected chi connectivity index (χ3v) is 8.19. The maximum absolute atomic E-state index is 15.5. The van der Waals surface area contributed by atoms with Crippen LogP contribution in [-0.2, 0) is 16.4 Å². The summed E-state index contributed by atoms with van der Waals surface area (Å²) in [6.45, 7) is 4.20. The van der Waals surface area contributed by atoms with Crippen LogP contribution in [0.15, 0.2) is 36.4 Å². The zero-order valence-corrected chi connectivity index (χ0v) is 19.5. The Balaban J connectivity index is 1.64. The Morgan fingerprint density at radius 3 is 2.36 bits per heavy atom. The molecule has 2 aromatic rings. The van der Waals surface area contributed by atoms with Crippen LogP contribution in [0.2, 0.25) is 0 Å². The molecule has 0 spiro atoms. The first kappa shape index (κ1) is 24.2. The van der Waals surface area contributed by atoms with Gasteiger partial charge in [0.2, 0.25) is 10.0 Å². The third kappa shape index (κ3) is 5.77. The molecular formula is C24H29F3N2O3S. The molecule has 0 unspecified atom stereocenters. The second kappa shape index (κ2) is 9.02. The smallest absolute Gasteiger partial charge is 0.214 e. The van der Waals surface area contributed by atoms with E-state index in [4.69, 9.17) is 0 Å². The van der Waals surface area contributed by atoms with E-state index in [1.165, 1.54) is 6.07 Å². The van der Waals surface area contributed by atoms with E-state index in [2.05, 4.69) is 4.72 Å². The molecule has 4 rings (SSSR count). The molecule has 1 heterocycles. The number of hydrogen-bond acceptors (Lipinski definition) is 4. The molecule has 0 radical (unpaired) electrons. The number of benzene rings is 2. The van der Waals surface area contributed by atoms with Crippen molar-refractivity contribution in [2.45, 2.75) is 62.5 Å². The van der Waals surface area contributed by atoms with E-state index in [1.807, 2.05) is 4.90 Å². The van der Waals surface area contributed by atoms with Gasteiger partial charge in [-0.2, -0.15) is 0 Å². The van der Waals surface area contributed by atoms with E-state index >= 15 is 4.39 Å². The van der Waals surface area contributed by atoms with Crippen LogP contribution < -0.4 is 4.72 Å². The van der Waals surface area contributed by atoms with Gasteiger partial charge < -0.3 is 5.11 Å². The van der Waals surface area contributed by atoms with Gasteiger partial charge in [0.1, 0.15) is 17.5 Å². The summed E-state index contributed by atoms with van der Waals surface area (Å²) in [4.78, 5) is 1.98. The largest absolute Gasteiger partial charge is 0.389 e. The normalized spacial score (nSPS) is 22.1. The Kier molecular flexibility index (Phi) is 6.61. The van der Waals surface area contributed by atoms with Gasteiger partial charge in [0.05, 0.1) is 10.9 Å². The van der Waals surface area contributed by atoms with E-state index in [-0.39, 0.29) is 28.8 Å². The Hall–Kier alpha value is -1.94. The van der Waals surface area contributed by atoms with Crippen molar-refractivity contribution >= 4 is 10.0 Å². The average molecular weight is 483 g/mol. The fourth-order valence-electron chi connectivity index (χ4n) is 4.60. The number of nitrogens with one attached hydrogen (secondary N) is 1. The maximum atomic E-state index is 15.5. The van der Waals surface area contributed by atoms with Crippen LogP contribution in [-0.4, -0.2) is 54.4 Å². The summed E-state index contributed by atoms with van der Waals surface area (Å²) in [6.07, 6.45) is 2.01. The molecular weight excluding hydrogens is 453 g/mol. The monoisotopic (exact) mass is 482 g/mol. The van der Waals surface area contributed by atoms with Gasteiger partial charge in [0.25, 0.3) is 0 Å². The van der Waals surface area contributed by atoms with Crippen molar-refractivity contribution in [3.63, 3.8) is 0 Å². The van der Waals surface area contributed by atoms with Gasteiger partial charge >= 0.3 is 0 Å². The molecule has 5 nitrogen and oxygen atoms in total. The Morgan fingerprint density at radius 1 is 1.09 bits per heavy atom. The van der Waals surface area contributed by atoms with Crippen LogP contribution >= 0.6 is 0 Å². The number of sulfonamides is 1. The highest BCUT2D eigenvalue weighted by atomic mass is 32.2. The molecule has 33 heavy (non-hydrogen) atoms. The molecule has 1 saturated carbocycles. The fraction of sp³-hybridized carbons (Fsp3) is 0.500. The second-order valence-electron chi connectivity index (χ2n) is 9.75. The SMILES string of the molecule is CC(C)(O)CN1CC[C@H](NS(=O)(=O)C2CC2)[C@@H]1Cc1cccc(-c2cc(F)cc(F)c2)c1F. The van der Waals surface area contributed by atoms with Crippen LogP contribution in [0, 0.1) is 17.5 Å². The minimum absolute atomic E-state index is 0.0769. The first-order chi connectivity index (χ1) is 15.4. The van der Waals surface area contributed by atoms with Crippen molar-refractivity contribution in [3.05, 3.63) is 59.4 Å². The number of nitrogens with zero attached hydrogens (tertiary/aromatic N) is 1. The van der Waals surface area contributed by atoms with Gasteiger partial charge in [0.15, 0.2) is 0 Å². The molecule has 0 bridgehead atoms. The summed E-state index contributed by atoms with van der Waals surface area (Å²) in [7, 11) is -3.45. The number of β-amino-alcohol motifs (C(OH)–C–C–N with tert-alkyl or cyclic N) is 1. The quantitative estimate of drug-likeness (QED) is 0.603. The third-order valence-electron chi connectivity index (χ3n) is 6.21. The van der Waals surface area contributed by atoms with Crippen molar-refractivity contribution in [3.8, 4) is 11.1 Å². The molecule has 0 amide bonds. The molecule has 180 valence electrons. The topological polar surface area (TPSA) is 69.6 Å². The summed E-state index contributed by atoms with van der Waals surface area (Å²) in [6, 6.07) is 6.77. The molecule has 2 N–H and O–H groups in total. The Labute approximate surface area is 192 Å².